The maximum atomic E-state index is 8.81. The van der Waals surface area contributed by atoms with Gasteiger partial charge in [0.25, 0.3) is 0 Å². The van der Waals surface area contributed by atoms with E-state index >= 15 is 0 Å². The minimum Gasteiger partial charge on any atom is -0.265 e. The number of hydrogen-bond acceptors (Lipinski definition) is 2. The molecule has 0 heterocycles. The molecule has 21 heavy (non-hydrogen) atoms. The second-order valence-corrected chi connectivity index (χ2v) is 4.41. The van der Waals surface area contributed by atoms with E-state index in [-0.39, 0.29) is 0 Å². The van der Waals surface area contributed by atoms with Crippen LogP contribution in [0.1, 0.15) is 107 Å². The predicted octanol–water partition coefficient (Wildman–Crippen LogP) is 7.36. The van der Waals surface area contributed by atoms with E-state index in [1.54, 1.807) is 0 Å². The molecule has 0 aromatic rings. The number of rotatable bonds is 1. The molecule has 0 radical (unpaired) electrons. The molecule has 0 atom stereocenters. The molecule has 0 aromatic carbocycles. The summed E-state index contributed by atoms with van der Waals surface area (Å²) < 4.78 is 0. The van der Waals surface area contributed by atoms with Crippen LogP contribution in [0.3, 0.4) is 0 Å². The van der Waals surface area contributed by atoms with Crippen LogP contribution in [0.2, 0.25) is 0 Å². The Morgan fingerprint density at radius 1 is 0.857 bits per heavy atom. The topological polar surface area (TPSA) is 43.1 Å². The number of nitro groups is 1. The maximum Gasteiger partial charge on any atom is 0.194 e. The lowest BCUT2D eigenvalue weighted by atomic mass is 10.1. The van der Waals surface area contributed by atoms with Gasteiger partial charge in [-0.1, -0.05) is 107 Å². The zero-order chi connectivity index (χ0) is 18.1. The van der Waals surface area contributed by atoms with Gasteiger partial charge in [-0.05, 0) is 5.92 Å². The van der Waals surface area contributed by atoms with Gasteiger partial charge in [0, 0.05) is 4.92 Å². The van der Waals surface area contributed by atoms with Crippen molar-refractivity contribution in [3.8, 4) is 0 Å². The second kappa shape index (κ2) is 42.7. The summed E-state index contributed by atoms with van der Waals surface area (Å²) in [5.74, 6) is 1.10. The fourth-order valence-electron chi connectivity index (χ4n) is 1.42. The Balaban J connectivity index is -0.0000000535. The summed E-state index contributed by atoms with van der Waals surface area (Å²) in [5, 5.41) is 8.81. The molecule has 0 bridgehead atoms. The zero-order valence-corrected chi connectivity index (χ0v) is 16.8. The third-order valence-corrected chi connectivity index (χ3v) is 2.05. The van der Waals surface area contributed by atoms with Gasteiger partial charge in [-0.2, -0.15) is 0 Å². The monoisotopic (exact) mass is 307 g/mol. The van der Waals surface area contributed by atoms with Crippen LogP contribution >= 0.6 is 0 Å². The molecular formula is C18H45NO2. The lowest BCUT2D eigenvalue weighted by Gasteiger charge is -1.99. The van der Waals surface area contributed by atoms with Crippen molar-refractivity contribution in [2.24, 2.45) is 5.92 Å². The van der Waals surface area contributed by atoms with E-state index in [4.69, 9.17) is 10.1 Å². The lowest BCUT2D eigenvalue weighted by Crippen LogP contribution is -1.86. The Labute approximate surface area is 136 Å². The van der Waals surface area contributed by atoms with Crippen molar-refractivity contribution in [3.63, 3.8) is 0 Å². The van der Waals surface area contributed by atoms with Crippen molar-refractivity contribution in [3.05, 3.63) is 10.1 Å². The van der Waals surface area contributed by atoms with Crippen molar-refractivity contribution in [2.45, 2.75) is 107 Å². The Morgan fingerprint density at radius 3 is 1.14 bits per heavy atom. The first-order valence-corrected chi connectivity index (χ1v) is 9.07. The minimum atomic E-state index is -0.500. The molecule has 3 nitrogen and oxygen atoms in total. The number of hydrogen-bond donors (Lipinski definition) is 0. The molecule has 0 aromatic heterocycles. The van der Waals surface area contributed by atoms with E-state index in [9.17, 15) is 0 Å². The molecule has 1 fully saturated rings. The van der Waals surface area contributed by atoms with Gasteiger partial charge in [0.2, 0.25) is 0 Å². The van der Waals surface area contributed by atoms with E-state index in [2.05, 4.69) is 34.6 Å². The van der Waals surface area contributed by atoms with Crippen LogP contribution in [0.5, 0.6) is 0 Å². The van der Waals surface area contributed by atoms with Crippen LogP contribution < -0.4 is 0 Å². The maximum absolute atomic E-state index is 8.81. The molecule has 0 saturated heterocycles. The Morgan fingerprint density at radius 2 is 1.05 bits per heavy atom. The molecule has 3 heteroatoms. The summed E-state index contributed by atoms with van der Waals surface area (Å²) >= 11 is 0. The van der Waals surface area contributed by atoms with Gasteiger partial charge >= 0.3 is 0 Å². The van der Waals surface area contributed by atoms with Gasteiger partial charge in [-0.15, -0.1) is 0 Å². The highest BCUT2D eigenvalue weighted by atomic mass is 16.6. The van der Waals surface area contributed by atoms with Crippen LogP contribution in [-0.2, 0) is 0 Å². The van der Waals surface area contributed by atoms with Gasteiger partial charge in [0.15, 0.2) is 7.05 Å². The summed E-state index contributed by atoms with van der Waals surface area (Å²) in [6.07, 6.45) is 9.93. The highest BCUT2D eigenvalue weighted by Crippen LogP contribution is 2.26. The van der Waals surface area contributed by atoms with Crippen molar-refractivity contribution < 1.29 is 4.92 Å². The van der Waals surface area contributed by atoms with Crippen LogP contribution in [0.25, 0.3) is 0 Å². The average molecular weight is 308 g/mol. The molecule has 1 aliphatic carbocycles. The standard InChI is InChI=1S/C7H14.2C3H8.2C2H6.CH3NO2/c1-2-7-5-3-4-6-7;2*1-3-2;2*1-2;1-2(3)4/h7H,2-6H2,1H3;2*3H2,1-2H3;2*1-2H3;1H3. The molecule has 0 amide bonds. The molecule has 134 valence electrons. The summed E-state index contributed by atoms with van der Waals surface area (Å²) in [6, 6.07) is 0. The third-order valence-electron chi connectivity index (χ3n) is 2.05. The van der Waals surface area contributed by atoms with Crippen molar-refractivity contribution >= 4 is 0 Å². The van der Waals surface area contributed by atoms with E-state index < -0.39 is 4.92 Å². The van der Waals surface area contributed by atoms with Crippen LogP contribution in [0, 0.1) is 16.0 Å². The molecule has 1 aliphatic rings. The van der Waals surface area contributed by atoms with Gasteiger partial charge < -0.3 is 0 Å². The van der Waals surface area contributed by atoms with Crippen molar-refractivity contribution in [1.29, 1.82) is 0 Å². The molecule has 0 unspecified atom stereocenters. The fraction of sp³-hybridized carbons (Fsp3) is 1.00. The van der Waals surface area contributed by atoms with Gasteiger partial charge in [-0.3, -0.25) is 10.1 Å². The predicted molar refractivity (Wildman–Crippen MR) is 99.8 cm³/mol. The van der Waals surface area contributed by atoms with Gasteiger partial charge in [-0.25, -0.2) is 0 Å². The van der Waals surface area contributed by atoms with Crippen LogP contribution in [-0.4, -0.2) is 12.0 Å². The minimum absolute atomic E-state index is 0.500. The first kappa shape index (κ1) is 32.4. The Kier molecular flexibility index (Phi) is 65.9. The van der Waals surface area contributed by atoms with Gasteiger partial charge in [0.1, 0.15) is 0 Å². The molecule has 1 rings (SSSR count). The normalized spacial score (nSPS) is 11.3. The third kappa shape index (κ3) is 83.2. The first-order valence-electron chi connectivity index (χ1n) is 9.07. The summed E-state index contributed by atoms with van der Waals surface area (Å²) in [6.45, 7) is 18.8. The molecule has 0 aliphatic heterocycles. The smallest absolute Gasteiger partial charge is 0.194 e. The highest BCUT2D eigenvalue weighted by Gasteiger charge is 2.11. The average Bonchev–Trinajstić information content (AvgIpc) is 2.98. The Bertz CT molecular complexity index is 127. The van der Waals surface area contributed by atoms with Crippen molar-refractivity contribution in [2.75, 3.05) is 7.05 Å². The Hall–Kier alpha value is -0.600. The zero-order valence-electron chi connectivity index (χ0n) is 16.8. The summed E-state index contributed by atoms with van der Waals surface area (Å²) in [5.41, 5.74) is 0. The fourth-order valence-corrected chi connectivity index (χ4v) is 1.42. The highest BCUT2D eigenvalue weighted by molar-refractivity contribution is 4.64. The molecule has 0 N–H and O–H groups in total. The SMILES string of the molecule is CC.CC.CCC.CCC.CCC1CCCC1.C[N+](=O)[O-]. The molecule has 1 saturated carbocycles. The van der Waals surface area contributed by atoms with Crippen LogP contribution in [0.4, 0.5) is 0 Å². The van der Waals surface area contributed by atoms with Crippen molar-refractivity contribution in [1.82, 2.24) is 0 Å². The quantitative estimate of drug-likeness (QED) is 0.375. The van der Waals surface area contributed by atoms with E-state index in [0.29, 0.717) is 0 Å². The van der Waals surface area contributed by atoms with E-state index in [0.717, 1.165) is 13.0 Å². The summed E-state index contributed by atoms with van der Waals surface area (Å²) in [4.78, 5) is 8.31. The largest absolute Gasteiger partial charge is 0.265 e. The van der Waals surface area contributed by atoms with E-state index in [1.165, 1.54) is 44.9 Å². The second-order valence-electron chi connectivity index (χ2n) is 4.41. The molecular weight excluding hydrogens is 262 g/mol. The first-order chi connectivity index (χ1) is 9.99. The lowest BCUT2D eigenvalue weighted by molar-refractivity contribution is -0.445. The number of nitrogens with zero attached hydrogens (tertiary/aromatic N) is 1. The summed E-state index contributed by atoms with van der Waals surface area (Å²) in [7, 11) is 0.889. The van der Waals surface area contributed by atoms with Gasteiger partial charge in [0.05, 0.1) is 0 Å². The van der Waals surface area contributed by atoms with E-state index in [1.807, 2.05) is 27.7 Å². The van der Waals surface area contributed by atoms with Crippen LogP contribution in [0.15, 0.2) is 0 Å². The molecule has 0 spiro atoms.